The number of hydrogen-bond donors (Lipinski definition) is 0. The number of Topliss-reactive ketones (excluding diaryl/α,β-unsaturated/α-hetero) is 2. The van der Waals surface area contributed by atoms with E-state index >= 15 is 0 Å². The SMILES string of the molecule is COc1cc(/C=C/C(=O)CC(=O)/C=C/c2ccc(OC(=O)C(C)C(=O)Oc3ccc(CC(C)=O)cc3)c(OC)c2)ccc1OC(=O)C(C)C(=O)Oc1ccc(CC(C)=O)cc1. The second-order valence-electron chi connectivity index (χ2n) is 13.8. The molecule has 2 atom stereocenters. The van der Waals surface area contributed by atoms with Crippen molar-refractivity contribution in [2.45, 2.75) is 47.0 Å². The molecule has 0 spiro atoms. The van der Waals surface area contributed by atoms with Crippen LogP contribution in [0.25, 0.3) is 12.2 Å². The van der Waals surface area contributed by atoms with Crippen molar-refractivity contribution in [2.24, 2.45) is 11.8 Å². The topological polar surface area (TPSA) is 192 Å². The average molecular weight is 833 g/mol. The highest BCUT2D eigenvalue weighted by atomic mass is 16.6. The quantitative estimate of drug-likeness (QED) is 0.0405. The van der Waals surface area contributed by atoms with E-state index < -0.39 is 53.7 Å². The maximum absolute atomic E-state index is 12.8. The van der Waals surface area contributed by atoms with Gasteiger partial charge < -0.3 is 28.4 Å². The van der Waals surface area contributed by atoms with Crippen LogP contribution in [-0.4, -0.2) is 61.2 Å². The van der Waals surface area contributed by atoms with Crippen molar-refractivity contribution in [3.8, 4) is 34.5 Å². The molecule has 0 aliphatic rings. The standard InChI is InChI=1S/C47H44O14/c1-28(48)23-32-9-17-38(18-10-32)58-44(52)30(3)46(54)60-40-21-13-34(25-42(40)56-5)7-15-36(50)27-37(51)16-8-35-14-22-41(43(26-35)57-6)61-47(55)31(4)45(53)59-39-19-11-33(12-20-39)24-29(2)49/h7-22,25-26,30-31H,23-24,27H2,1-6H3/b15-7+,16-8+. The fourth-order valence-corrected chi connectivity index (χ4v) is 5.33. The van der Waals surface area contributed by atoms with Crippen LogP contribution < -0.4 is 28.4 Å². The number of hydrogen-bond acceptors (Lipinski definition) is 14. The molecule has 0 bridgehead atoms. The first-order valence-corrected chi connectivity index (χ1v) is 18.9. The van der Waals surface area contributed by atoms with Gasteiger partial charge in [-0.3, -0.25) is 38.4 Å². The van der Waals surface area contributed by atoms with Crippen molar-refractivity contribution < 1.29 is 66.8 Å². The summed E-state index contributed by atoms with van der Waals surface area (Å²) in [6, 6.07) is 21.6. The van der Waals surface area contributed by atoms with Gasteiger partial charge in [-0.1, -0.05) is 48.6 Å². The molecule has 4 aromatic rings. The van der Waals surface area contributed by atoms with Gasteiger partial charge in [0.25, 0.3) is 0 Å². The number of rotatable bonds is 20. The summed E-state index contributed by atoms with van der Waals surface area (Å²) in [6.45, 7) is 5.61. The van der Waals surface area contributed by atoms with Crippen LogP contribution in [0.4, 0.5) is 0 Å². The minimum atomic E-state index is -1.29. The van der Waals surface area contributed by atoms with Crippen molar-refractivity contribution in [2.75, 3.05) is 14.2 Å². The fraction of sp³-hybridized carbons (Fsp3) is 0.234. The molecule has 0 N–H and O–H groups in total. The Balaban J connectivity index is 1.27. The number of allylic oxidation sites excluding steroid dienone is 2. The lowest BCUT2D eigenvalue weighted by atomic mass is 10.1. The second kappa shape index (κ2) is 22.0. The van der Waals surface area contributed by atoms with Crippen LogP contribution >= 0.6 is 0 Å². The Morgan fingerprint density at radius 1 is 0.475 bits per heavy atom. The molecule has 316 valence electrons. The lowest BCUT2D eigenvalue weighted by molar-refractivity contribution is -0.152. The minimum Gasteiger partial charge on any atom is -0.493 e. The van der Waals surface area contributed by atoms with E-state index in [2.05, 4.69) is 0 Å². The Labute approximate surface area is 352 Å². The summed E-state index contributed by atoms with van der Waals surface area (Å²) in [5, 5.41) is 0. The summed E-state index contributed by atoms with van der Waals surface area (Å²) in [6.07, 6.45) is 5.38. The molecular weight excluding hydrogens is 789 g/mol. The number of ketones is 4. The van der Waals surface area contributed by atoms with Gasteiger partial charge in [-0.05, 0) is 111 Å². The van der Waals surface area contributed by atoms with E-state index in [0.29, 0.717) is 11.1 Å². The number of benzene rings is 4. The highest BCUT2D eigenvalue weighted by Gasteiger charge is 2.28. The molecule has 0 amide bonds. The van der Waals surface area contributed by atoms with Crippen LogP contribution in [-0.2, 0) is 51.2 Å². The van der Waals surface area contributed by atoms with E-state index in [1.54, 1.807) is 36.4 Å². The maximum Gasteiger partial charge on any atom is 0.325 e. The molecule has 0 heterocycles. The number of carbonyl (C=O) groups is 8. The molecule has 4 aromatic carbocycles. The van der Waals surface area contributed by atoms with Gasteiger partial charge in [0.15, 0.2) is 46.4 Å². The third kappa shape index (κ3) is 14.4. The lowest BCUT2D eigenvalue weighted by Crippen LogP contribution is -2.29. The molecule has 0 radical (unpaired) electrons. The van der Waals surface area contributed by atoms with Crippen LogP contribution in [0.1, 0.15) is 56.4 Å². The zero-order chi connectivity index (χ0) is 44.6. The molecule has 4 rings (SSSR count). The number of carbonyl (C=O) groups excluding carboxylic acids is 8. The van der Waals surface area contributed by atoms with Crippen molar-refractivity contribution in [3.05, 3.63) is 119 Å². The van der Waals surface area contributed by atoms with Gasteiger partial charge in [0.05, 0.1) is 20.6 Å². The van der Waals surface area contributed by atoms with Gasteiger partial charge in [0, 0.05) is 12.8 Å². The van der Waals surface area contributed by atoms with Crippen LogP contribution in [0.5, 0.6) is 34.5 Å². The first-order chi connectivity index (χ1) is 29.0. The Bertz CT molecular complexity index is 2190. The van der Waals surface area contributed by atoms with Crippen molar-refractivity contribution in [1.82, 2.24) is 0 Å². The predicted molar refractivity (Wildman–Crippen MR) is 221 cm³/mol. The monoisotopic (exact) mass is 832 g/mol. The molecule has 0 saturated carbocycles. The smallest absolute Gasteiger partial charge is 0.325 e. The third-order valence-electron chi connectivity index (χ3n) is 8.67. The molecular formula is C47H44O14. The predicted octanol–water partition coefficient (Wildman–Crippen LogP) is 6.52. The van der Waals surface area contributed by atoms with Crippen molar-refractivity contribution >= 4 is 59.2 Å². The molecule has 14 nitrogen and oxygen atoms in total. The van der Waals surface area contributed by atoms with Crippen molar-refractivity contribution in [3.63, 3.8) is 0 Å². The van der Waals surface area contributed by atoms with E-state index in [1.807, 2.05) is 0 Å². The first kappa shape index (κ1) is 46.2. The number of methoxy groups -OCH3 is 2. The Hall–Kier alpha value is -7.48. The lowest BCUT2D eigenvalue weighted by Gasteiger charge is -2.13. The first-order valence-electron chi connectivity index (χ1n) is 18.9. The van der Waals surface area contributed by atoms with E-state index in [9.17, 15) is 38.4 Å². The largest absolute Gasteiger partial charge is 0.493 e. The summed E-state index contributed by atoms with van der Waals surface area (Å²) < 4.78 is 32.1. The fourth-order valence-electron chi connectivity index (χ4n) is 5.33. The Kier molecular flexibility index (Phi) is 16.7. The zero-order valence-electron chi connectivity index (χ0n) is 34.4. The van der Waals surface area contributed by atoms with Crippen LogP contribution in [0.3, 0.4) is 0 Å². The highest BCUT2D eigenvalue weighted by molar-refractivity contribution is 6.11. The average Bonchev–Trinajstić information content (AvgIpc) is 3.23. The van der Waals surface area contributed by atoms with E-state index in [1.165, 1.54) is 115 Å². The molecule has 14 heteroatoms. The minimum absolute atomic E-state index is 0.0110. The molecule has 0 saturated heterocycles. The molecule has 0 aromatic heterocycles. The van der Waals surface area contributed by atoms with Gasteiger partial charge in [0.1, 0.15) is 23.1 Å². The van der Waals surface area contributed by atoms with Gasteiger partial charge in [-0.2, -0.15) is 0 Å². The zero-order valence-corrected chi connectivity index (χ0v) is 34.4. The van der Waals surface area contributed by atoms with E-state index in [4.69, 9.17) is 28.4 Å². The number of esters is 4. The summed E-state index contributed by atoms with van der Waals surface area (Å²) >= 11 is 0. The van der Waals surface area contributed by atoms with Gasteiger partial charge in [-0.15, -0.1) is 0 Å². The second-order valence-corrected chi connectivity index (χ2v) is 13.8. The van der Waals surface area contributed by atoms with Crippen LogP contribution in [0.15, 0.2) is 97.1 Å². The van der Waals surface area contributed by atoms with Gasteiger partial charge >= 0.3 is 23.9 Å². The molecule has 0 aliphatic heterocycles. The third-order valence-corrected chi connectivity index (χ3v) is 8.67. The molecule has 0 aliphatic carbocycles. The van der Waals surface area contributed by atoms with Crippen LogP contribution in [0, 0.1) is 11.8 Å². The summed E-state index contributed by atoms with van der Waals surface area (Å²) in [5.74, 6) is -6.35. The van der Waals surface area contributed by atoms with Crippen LogP contribution in [0.2, 0.25) is 0 Å². The van der Waals surface area contributed by atoms with E-state index in [-0.39, 0.29) is 58.9 Å². The van der Waals surface area contributed by atoms with Crippen molar-refractivity contribution in [1.29, 1.82) is 0 Å². The molecule has 2 unspecified atom stereocenters. The van der Waals surface area contributed by atoms with Gasteiger partial charge in [0.2, 0.25) is 0 Å². The summed E-state index contributed by atoms with van der Waals surface area (Å²) in [4.78, 5) is 98.6. The molecule has 0 fully saturated rings. The highest BCUT2D eigenvalue weighted by Crippen LogP contribution is 2.31. The summed E-state index contributed by atoms with van der Waals surface area (Å²) in [7, 11) is 2.70. The Morgan fingerprint density at radius 3 is 1.15 bits per heavy atom. The van der Waals surface area contributed by atoms with Gasteiger partial charge in [-0.25, -0.2) is 0 Å². The maximum atomic E-state index is 12.8. The molecule has 61 heavy (non-hydrogen) atoms. The van der Waals surface area contributed by atoms with E-state index in [0.717, 1.165) is 11.1 Å². The number of ether oxygens (including phenoxy) is 6. The summed E-state index contributed by atoms with van der Waals surface area (Å²) in [5.41, 5.74) is 2.49. The Morgan fingerprint density at radius 2 is 0.820 bits per heavy atom. The normalized spacial score (nSPS) is 11.9.